The van der Waals surface area contributed by atoms with Crippen molar-refractivity contribution in [1.29, 1.82) is 0 Å². The molecule has 0 radical (unpaired) electrons. The van der Waals surface area contributed by atoms with Gasteiger partial charge in [-0.15, -0.1) is 0 Å². The predicted octanol–water partition coefficient (Wildman–Crippen LogP) is 6.84. The summed E-state index contributed by atoms with van der Waals surface area (Å²) in [7, 11) is -2.22. The number of ether oxygens (including phenoxy) is 2. The summed E-state index contributed by atoms with van der Waals surface area (Å²) in [6.07, 6.45) is 4.11. The van der Waals surface area contributed by atoms with E-state index in [1.807, 2.05) is 53.3 Å². The van der Waals surface area contributed by atoms with Crippen LogP contribution in [0.1, 0.15) is 11.1 Å². The van der Waals surface area contributed by atoms with Crippen LogP contribution < -0.4 is 25.0 Å². The van der Waals surface area contributed by atoms with Crippen LogP contribution in [0.3, 0.4) is 0 Å². The molecule has 0 fully saturated rings. The summed E-state index contributed by atoms with van der Waals surface area (Å²) in [5.41, 5.74) is 4.07. The highest BCUT2D eigenvalue weighted by Gasteiger charge is 2.38. The fraction of sp³-hybridized carbons (Fsp3) is 0.0732. The third kappa shape index (κ3) is 6.15. The third-order valence-electron chi connectivity index (χ3n) is 8.75. The highest BCUT2D eigenvalue weighted by atomic mass is 28.3. The van der Waals surface area contributed by atoms with E-state index < -0.39 is 8.07 Å². The highest BCUT2D eigenvalue weighted by Crippen LogP contribution is 2.26. The second-order valence-electron chi connectivity index (χ2n) is 11.7. The van der Waals surface area contributed by atoms with E-state index in [2.05, 4.69) is 120 Å². The van der Waals surface area contributed by atoms with Crippen molar-refractivity contribution < 1.29 is 23.0 Å². The summed E-state index contributed by atoms with van der Waals surface area (Å²) in [6, 6.07) is 53.6. The van der Waals surface area contributed by atoms with E-state index in [0.29, 0.717) is 19.2 Å². The maximum absolute atomic E-state index is 13.4. The van der Waals surface area contributed by atoms with Crippen molar-refractivity contribution >= 4 is 47.4 Å². The average Bonchev–Trinajstić information content (AvgIpc) is 3.16. The van der Waals surface area contributed by atoms with Crippen LogP contribution in [0, 0.1) is 5.82 Å². The molecular weight excluding hydrogens is 600 g/mol. The quantitative estimate of drug-likeness (QED) is 0.118. The van der Waals surface area contributed by atoms with Gasteiger partial charge in [-0.25, -0.2) is 4.39 Å². The van der Waals surface area contributed by atoms with Gasteiger partial charge in [-0.05, 0) is 33.8 Å². The molecule has 0 unspecified atom stereocenters. The zero-order valence-corrected chi connectivity index (χ0v) is 27.2. The number of rotatable bonds is 5. The summed E-state index contributed by atoms with van der Waals surface area (Å²) in [4.78, 5) is 0. The minimum absolute atomic E-state index is 0.313. The molecule has 2 aliphatic rings. The maximum atomic E-state index is 13.4. The molecule has 0 aliphatic carbocycles. The van der Waals surface area contributed by atoms with Gasteiger partial charge in [-0.3, -0.25) is 0 Å². The van der Waals surface area contributed by atoms with Gasteiger partial charge in [0.05, 0.1) is 11.1 Å². The Balaban J connectivity index is 0.000000174. The number of benzene rings is 6. The van der Waals surface area contributed by atoms with Crippen LogP contribution in [-0.2, 0) is 0 Å². The highest BCUT2D eigenvalue weighted by molar-refractivity contribution is 7.11. The van der Waals surface area contributed by atoms with Crippen LogP contribution in [0.2, 0.25) is 6.55 Å². The van der Waals surface area contributed by atoms with Gasteiger partial charge < -0.3 is 9.47 Å². The van der Waals surface area contributed by atoms with Gasteiger partial charge in [-0.1, -0.05) is 122 Å². The van der Waals surface area contributed by atoms with Crippen LogP contribution in [0.4, 0.5) is 15.8 Å². The van der Waals surface area contributed by atoms with Crippen molar-refractivity contribution in [3.63, 3.8) is 0 Å². The zero-order valence-electron chi connectivity index (χ0n) is 26.2. The van der Waals surface area contributed by atoms with Crippen LogP contribution in [0.25, 0.3) is 0 Å². The van der Waals surface area contributed by atoms with Crippen molar-refractivity contribution in [2.45, 2.75) is 6.55 Å². The van der Waals surface area contributed by atoms with E-state index >= 15 is 0 Å². The second-order valence-corrected chi connectivity index (χ2v) is 15.6. The second kappa shape index (κ2) is 13.4. The molecule has 6 heteroatoms. The minimum atomic E-state index is -2.22. The van der Waals surface area contributed by atoms with Crippen molar-refractivity contribution in [2.24, 2.45) is 0 Å². The molecule has 0 saturated carbocycles. The zero-order chi connectivity index (χ0) is 32.1. The molecule has 2 aliphatic heterocycles. The van der Waals surface area contributed by atoms with Gasteiger partial charge in [0.2, 0.25) is 11.4 Å². The van der Waals surface area contributed by atoms with Crippen LogP contribution in [0.5, 0.6) is 11.5 Å². The number of halogens is 1. The van der Waals surface area contributed by atoms with Crippen molar-refractivity contribution in [2.75, 3.05) is 13.5 Å². The summed E-state index contributed by atoms with van der Waals surface area (Å²) >= 11 is 0. The molecule has 0 saturated heterocycles. The molecule has 6 aromatic carbocycles. The Labute approximate surface area is 276 Å². The molecule has 47 heavy (non-hydrogen) atoms. The topological polar surface area (TPSA) is 24.5 Å². The third-order valence-corrected chi connectivity index (χ3v) is 13.2. The first-order chi connectivity index (χ1) is 23.1. The molecule has 0 bridgehead atoms. The van der Waals surface area contributed by atoms with Gasteiger partial charge >= 0.3 is 0 Å². The molecule has 2 heterocycles. The van der Waals surface area contributed by atoms with Crippen LogP contribution in [-0.4, -0.2) is 43.1 Å². The summed E-state index contributed by atoms with van der Waals surface area (Å²) in [5, 5.41) is 4.10. The molecule has 0 aromatic heterocycles. The SMILES string of the molecule is C[Si](c1ccccc1)(c1ccccc1)c1cccc2c1OC[N+](c1ccccc1)=C2.Fc1cccc2c1OC[N+](c1ccccc1)=C2. The molecule has 0 amide bonds. The lowest BCUT2D eigenvalue weighted by Gasteiger charge is -2.32. The maximum Gasteiger partial charge on any atom is 0.292 e. The average molecular weight is 635 g/mol. The number of para-hydroxylation sites is 4. The Hall–Kier alpha value is -5.59. The summed E-state index contributed by atoms with van der Waals surface area (Å²) in [6.45, 7) is 3.28. The van der Waals surface area contributed by atoms with E-state index in [0.717, 1.165) is 28.3 Å². The lowest BCUT2D eigenvalue weighted by molar-refractivity contribution is -0.476. The van der Waals surface area contributed by atoms with E-state index in [9.17, 15) is 4.39 Å². The number of hydrogen-bond acceptors (Lipinski definition) is 2. The molecule has 0 N–H and O–H groups in total. The Morgan fingerprint density at radius 3 is 1.43 bits per heavy atom. The number of fused-ring (bicyclic) bond motifs is 2. The number of hydrogen-bond donors (Lipinski definition) is 0. The van der Waals surface area contributed by atoms with Crippen molar-refractivity contribution in [3.05, 3.63) is 175 Å². The first-order valence-corrected chi connectivity index (χ1v) is 18.2. The van der Waals surface area contributed by atoms with Gasteiger partial charge in [0.1, 0.15) is 13.8 Å². The Kier molecular flexibility index (Phi) is 8.58. The standard InChI is InChI=1S/C27H24NOSi.C14H11FNO/c1-30(24-15-7-3-8-16-24,25-17-9-4-10-18-25)26-19-11-12-22-20-28(21-29-27(22)26)23-13-5-2-6-14-23;15-13-8-4-5-11-9-16(10-17-14(11)13)12-6-2-1-3-7-12/h2-20H,21H2,1H3;1-9H,10H2/q2*+1. The van der Waals surface area contributed by atoms with E-state index in [1.54, 1.807) is 6.07 Å². The van der Waals surface area contributed by atoms with Gasteiger partial charge in [0.25, 0.3) is 13.5 Å². The molecule has 4 nitrogen and oxygen atoms in total. The molecule has 8 rings (SSSR count). The molecule has 6 aromatic rings. The Bertz CT molecular complexity index is 2010. The lowest BCUT2D eigenvalue weighted by atomic mass is 10.2. The van der Waals surface area contributed by atoms with E-state index in [4.69, 9.17) is 9.47 Å². The smallest absolute Gasteiger partial charge is 0.292 e. The number of nitrogens with zero attached hydrogens (tertiary/aromatic N) is 2. The van der Waals surface area contributed by atoms with Crippen molar-refractivity contribution in [3.8, 4) is 11.5 Å². The Morgan fingerprint density at radius 2 is 0.915 bits per heavy atom. The van der Waals surface area contributed by atoms with Crippen LogP contribution >= 0.6 is 0 Å². The molecular formula is C41H35FN2O2Si+2. The normalized spacial score (nSPS) is 13.3. The van der Waals surface area contributed by atoms with Gasteiger partial charge in [0.15, 0.2) is 24.0 Å². The Morgan fingerprint density at radius 1 is 0.489 bits per heavy atom. The first-order valence-electron chi connectivity index (χ1n) is 15.7. The first kappa shape index (κ1) is 30.1. The van der Waals surface area contributed by atoms with Gasteiger partial charge in [-0.2, -0.15) is 9.15 Å². The minimum Gasteiger partial charge on any atom is -0.435 e. The van der Waals surface area contributed by atoms with Crippen molar-refractivity contribution in [1.82, 2.24) is 0 Å². The van der Waals surface area contributed by atoms with Gasteiger partial charge in [0, 0.05) is 24.3 Å². The molecule has 230 valence electrons. The van der Waals surface area contributed by atoms with Crippen LogP contribution in [0.15, 0.2) is 158 Å². The molecule has 0 atom stereocenters. The summed E-state index contributed by atoms with van der Waals surface area (Å²) < 4.78 is 29.4. The van der Waals surface area contributed by atoms with E-state index in [1.165, 1.54) is 21.6 Å². The largest absolute Gasteiger partial charge is 0.435 e. The fourth-order valence-electron chi connectivity index (χ4n) is 6.23. The summed E-state index contributed by atoms with van der Waals surface area (Å²) in [5.74, 6) is 1.04. The molecule has 0 spiro atoms. The predicted molar refractivity (Wildman–Crippen MR) is 190 cm³/mol. The fourth-order valence-corrected chi connectivity index (χ4v) is 10.0. The van der Waals surface area contributed by atoms with E-state index in [-0.39, 0.29) is 5.82 Å². The monoisotopic (exact) mass is 634 g/mol. The lowest BCUT2D eigenvalue weighted by Crippen LogP contribution is -2.65.